The van der Waals surface area contributed by atoms with Crippen LogP contribution in [0.4, 0.5) is 10.7 Å². The van der Waals surface area contributed by atoms with Gasteiger partial charge in [0.25, 0.3) is 5.91 Å². The van der Waals surface area contributed by atoms with Crippen molar-refractivity contribution < 1.29 is 14.3 Å². The Bertz CT molecular complexity index is 982. The summed E-state index contributed by atoms with van der Waals surface area (Å²) in [6.45, 7) is 6.26. The number of carbonyl (C=O) groups is 2. The summed E-state index contributed by atoms with van der Waals surface area (Å²) >= 11 is 1.45. The third-order valence-corrected chi connectivity index (χ3v) is 6.54. The first-order valence-corrected chi connectivity index (χ1v) is 10.4. The molecule has 29 heavy (non-hydrogen) atoms. The molecule has 0 radical (unpaired) electrons. The number of anilines is 2. The molecule has 0 unspecified atom stereocenters. The Balaban J connectivity index is 1.67. The summed E-state index contributed by atoms with van der Waals surface area (Å²) in [5.74, 6) is -0.589. The summed E-state index contributed by atoms with van der Waals surface area (Å²) < 4.78 is 5.07. The standard InChI is InChI=1S/C22H25N3O3S/c1-22(2,3)13-8-9-14-16(11-23)20(29-18(14)10-13)25-19(26)12-28-21(27)15-6-4-5-7-17(15)24/h4-7,13H,8-10,12,24H2,1-3H3,(H,25,26)/t13-/m1/s1. The molecular weight excluding hydrogens is 386 g/mol. The fourth-order valence-corrected chi connectivity index (χ4v) is 4.88. The third kappa shape index (κ3) is 4.60. The first-order valence-electron chi connectivity index (χ1n) is 9.56. The van der Waals surface area contributed by atoms with Gasteiger partial charge in [-0.15, -0.1) is 11.3 Å². The van der Waals surface area contributed by atoms with Gasteiger partial charge in [-0.2, -0.15) is 5.26 Å². The van der Waals surface area contributed by atoms with E-state index in [1.54, 1.807) is 24.3 Å². The Morgan fingerprint density at radius 3 is 2.72 bits per heavy atom. The van der Waals surface area contributed by atoms with Crippen LogP contribution in [0.1, 0.15) is 53.6 Å². The van der Waals surface area contributed by atoms with Crippen LogP contribution >= 0.6 is 11.3 Å². The molecule has 3 rings (SSSR count). The first kappa shape index (κ1) is 20.9. The number of esters is 1. The summed E-state index contributed by atoms with van der Waals surface area (Å²) in [7, 11) is 0. The molecule has 1 atom stereocenters. The van der Waals surface area contributed by atoms with E-state index >= 15 is 0 Å². The van der Waals surface area contributed by atoms with E-state index in [0.717, 1.165) is 29.7 Å². The van der Waals surface area contributed by atoms with Gasteiger partial charge in [-0.05, 0) is 48.3 Å². The summed E-state index contributed by atoms with van der Waals surface area (Å²) in [5.41, 5.74) is 8.04. The van der Waals surface area contributed by atoms with Crippen molar-refractivity contribution in [3.63, 3.8) is 0 Å². The number of nitrogen functional groups attached to an aromatic ring is 1. The lowest BCUT2D eigenvalue weighted by molar-refractivity contribution is -0.119. The van der Waals surface area contributed by atoms with Gasteiger partial charge in [0.15, 0.2) is 6.61 Å². The molecule has 1 amide bonds. The summed E-state index contributed by atoms with van der Waals surface area (Å²) in [4.78, 5) is 25.6. The minimum atomic E-state index is -0.655. The third-order valence-electron chi connectivity index (χ3n) is 5.37. The van der Waals surface area contributed by atoms with E-state index < -0.39 is 18.5 Å². The largest absolute Gasteiger partial charge is 0.452 e. The quantitative estimate of drug-likeness (QED) is 0.581. The van der Waals surface area contributed by atoms with E-state index in [1.807, 2.05) is 0 Å². The van der Waals surface area contributed by atoms with Crippen molar-refractivity contribution in [2.45, 2.75) is 40.0 Å². The number of nitrogens with one attached hydrogen (secondary N) is 1. The fourth-order valence-electron chi connectivity index (χ4n) is 3.59. The van der Waals surface area contributed by atoms with Crippen molar-refractivity contribution in [2.75, 3.05) is 17.7 Å². The Morgan fingerprint density at radius 1 is 1.34 bits per heavy atom. The highest BCUT2D eigenvalue weighted by atomic mass is 32.1. The van der Waals surface area contributed by atoms with E-state index in [9.17, 15) is 14.9 Å². The van der Waals surface area contributed by atoms with E-state index in [4.69, 9.17) is 10.5 Å². The molecule has 0 fully saturated rings. The molecule has 2 aromatic rings. The number of ether oxygens (including phenoxy) is 1. The van der Waals surface area contributed by atoms with Gasteiger partial charge in [-0.3, -0.25) is 4.79 Å². The van der Waals surface area contributed by atoms with Crippen LogP contribution in [-0.4, -0.2) is 18.5 Å². The highest BCUT2D eigenvalue weighted by Crippen LogP contribution is 2.43. The number of nitrogens with two attached hydrogens (primary N) is 1. The van der Waals surface area contributed by atoms with Crippen LogP contribution in [0.15, 0.2) is 24.3 Å². The van der Waals surface area contributed by atoms with Gasteiger partial charge in [-0.25, -0.2) is 4.79 Å². The SMILES string of the molecule is CC(C)(C)[C@@H]1CCc2c(sc(NC(=O)COC(=O)c3ccccc3N)c2C#N)C1. The lowest BCUT2D eigenvalue weighted by Gasteiger charge is -2.33. The molecule has 6 nitrogen and oxygen atoms in total. The fraction of sp³-hybridized carbons (Fsp3) is 0.409. The van der Waals surface area contributed by atoms with Crippen molar-refractivity contribution in [2.24, 2.45) is 11.3 Å². The summed E-state index contributed by atoms with van der Waals surface area (Å²) in [6, 6.07) is 8.76. The lowest BCUT2D eigenvalue weighted by Crippen LogP contribution is -2.26. The van der Waals surface area contributed by atoms with Gasteiger partial charge in [0.1, 0.15) is 11.1 Å². The number of amides is 1. The molecule has 1 aromatic heterocycles. The number of hydrogen-bond donors (Lipinski definition) is 2. The zero-order chi connectivity index (χ0) is 21.2. The first-order chi connectivity index (χ1) is 13.7. The maximum atomic E-state index is 12.3. The maximum absolute atomic E-state index is 12.3. The van der Waals surface area contributed by atoms with Crippen LogP contribution in [0.2, 0.25) is 0 Å². The lowest BCUT2D eigenvalue weighted by atomic mass is 9.72. The number of rotatable bonds is 4. The predicted octanol–water partition coefficient (Wildman–Crippen LogP) is 4.15. The van der Waals surface area contributed by atoms with Gasteiger partial charge in [0, 0.05) is 10.6 Å². The highest BCUT2D eigenvalue weighted by molar-refractivity contribution is 7.16. The maximum Gasteiger partial charge on any atom is 0.340 e. The molecule has 152 valence electrons. The number of para-hydroxylation sites is 1. The van der Waals surface area contributed by atoms with Crippen molar-refractivity contribution in [1.29, 1.82) is 5.26 Å². The number of hydrogen-bond acceptors (Lipinski definition) is 6. The van der Waals surface area contributed by atoms with Crippen LogP contribution < -0.4 is 11.1 Å². The van der Waals surface area contributed by atoms with Gasteiger partial charge in [-0.1, -0.05) is 32.9 Å². The van der Waals surface area contributed by atoms with E-state index in [1.165, 1.54) is 11.3 Å². The van der Waals surface area contributed by atoms with Crippen molar-refractivity contribution in [3.05, 3.63) is 45.8 Å². The van der Waals surface area contributed by atoms with Crippen LogP contribution in [0.3, 0.4) is 0 Å². The molecule has 0 spiro atoms. The average molecular weight is 412 g/mol. The van der Waals surface area contributed by atoms with Crippen LogP contribution in [0.5, 0.6) is 0 Å². The molecule has 3 N–H and O–H groups in total. The van der Waals surface area contributed by atoms with Gasteiger partial charge in [0.2, 0.25) is 0 Å². The molecule has 0 aliphatic heterocycles. The van der Waals surface area contributed by atoms with E-state index in [0.29, 0.717) is 22.2 Å². The second-order valence-electron chi connectivity index (χ2n) is 8.34. The molecule has 1 heterocycles. The predicted molar refractivity (Wildman–Crippen MR) is 114 cm³/mol. The number of fused-ring (bicyclic) bond motifs is 1. The van der Waals surface area contributed by atoms with Gasteiger partial charge < -0.3 is 15.8 Å². The van der Waals surface area contributed by atoms with Gasteiger partial charge >= 0.3 is 5.97 Å². The molecule has 7 heteroatoms. The molecule has 0 saturated carbocycles. The average Bonchev–Trinajstić information content (AvgIpc) is 3.01. The number of thiophene rings is 1. The van der Waals surface area contributed by atoms with Crippen molar-refractivity contribution in [1.82, 2.24) is 0 Å². The number of benzene rings is 1. The Morgan fingerprint density at radius 2 is 2.07 bits per heavy atom. The number of carbonyl (C=O) groups excluding carboxylic acids is 2. The molecular formula is C22H25N3O3S. The smallest absolute Gasteiger partial charge is 0.340 e. The Kier molecular flexibility index (Phi) is 5.94. The Labute approximate surface area is 174 Å². The van der Waals surface area contributed by atoms with Crippen LogP contribution in [0.25, 0.3) is 0 Å². The minimum absolute atomic E-state index is 0.200. The molecule has 0 bridgehead atoms. The minimum Gasteiger partial charge on any atom is -0.452 e. The molecule has 1 aromatic carbocycles. The number of nitriles is 1. The monoisotopic (exact) mass is 411 g/mol. The van der Waals surface area contributed by atoms with Gasteiger partial charge in [0.05, 0.1) is 11.1 Å². The molecule has 0 saturated heterocycles. The topological polar surface area (TPSA) is 105 Å². The number of nitrogens with zero attached hydrogens (tertiary/aromatic N) is 1. The van der Waals surface area contributed by atoms with E-state index in [-0.39, 0.29) is 11.0 Å². The summed E-state index contributed by atoms with van der Waals surface area (Å²) in [6.07, 6.45) is 2.79. The van der Waals surface area contributed by atoms with Crippen molar-refractivity contribution in [3.8, 4) is 6.07 Å². The van der Waals surface area contributed by atoms with Crippen LogP contribution in [-0.2, 0) is 22.4 Å². The second-order valence-corrected chi connectivity index (χ2v) is 9.44. The Hall–Kier alpha value is -2.85. The normalized spacial score (nSPS) is 15.9. The second kappa shape index (κ2) is 8.26. The zero-order valence-corrected chi connectivity index (χ0v) is 17.7. The van der Waals surface area contributed by atoms with Crippen LogP contribution in [0, 0.1) is 22.7 Å². The summed E-state index contributed by atoms with van der Waals surface area (Å²) in [5, 5.41) is 12.9. The molecule has 1 aliphatic carbocycles. The van der Waals surface area contributed by atoms with Crippen molar-refractivity contribution >= 4 is 33.9 Å². The zero-order valence-electron chi connectivity index (χ0n) is 16.9. The highest BCUT2D eigenvalue weighted by Gasteiger charge is 2.32. The van der Waals surface area contributed by atoms with E-state index in [2.05, 4.69) is 32.2 Å². The molecule has 1 aliphatic rings.